The number of anilines is 4. The minimum absolute atomic E-state index is 0.241. The molecule has 4 rings (SSSR count). The third-order valence-corrected chi connectivity index (χ3v) is 5.21. The zero-order chi connectivity index (χ0) is 26.4. The maximum absolute atomic E-state index is 13.4. The Balaban J connectivity index is 1.74. The molecule has 0 aliphatic carbocycles. The fourth-order valence-corrected chi connectivity index (χ4v) is 3.68. The molecule has 4 aromatic rings. The van der Waals surface area contributed by atoms with Gasteiger partial charge in [0.1, 0.15) is 23.2 Å². The highest BCUT2D eigenvalue weighted by Gasteiger charge is 2.18. The number of amides is 1. The Morgan fingerprint density at radius 3 is 2.51 bits per heavy atom. The van der Waals surface area contributed by atoms with Crippen molar-refractivity contribution in [1.82, 2.24) is 25.4 Å². The van der Waals surface area contributed by atoms with Gasteiger partial charge in [0.15, 0.2) is 0 Å². The number of methoxy groups -OCH3 is 1. The molecule has 0 saturated carbocycles. The first kappa shape index (κ1) is 25.5. The molecule has 0 aliphatic rings. The monoisotopic (exact) mass is 503 g/mol. The van der Waals surface area contributed by atoms with Crippen LogP contribution in [0.4, 0.5) is 27.4 Å². The van der Waals surface area contributed by atoms with Crippen LogP contribution in [0, 0.1) is 19.8 Å². The molecule has 11 heteroatoms. The van der Waals surface area contributed by atoms with E-state index >= 15 is 0 Å². The van der Waals surface area contributed by atoms with Gasteiger partial charge in [-0.3, -0.25) is 9.63 Å². The summed E-state index contributed by atoms with van der Waals surface area (Å²) < 4.78 is 19.1. The number of pyridine rings is 2. The first-order chi connectivity index (χ1) is 17.9. The summed E-state index contributed by atoms with van der Waals surface area (Å²) in [6.07, 6.45) is 2.86. The number of rotatable bonds is 9. The van der Waals surface area contributed by atoms with Crippen LogP contribution >= 0.6 is 0 Å². The molecule has 0 fully saturated rings. The first-order valence-electron chi connectivity index (χ1n) is 11.5. The van der Waals surface area contributed by atoms with Crippen molar-refractivity contribution in [3.63, 3.8) is 0 Å². The Bertz CT molecular complexity index is 1390. The normalized spacial score (nSPS) is 10.6. The van der Waals surface area contributed by atoms with E-state index < -0.39 is 11.9 Å². The first-order valence-corrected chi connectivity index (χ1v) is 11.5. The van der Waals surface area contributed by atoms with E-state index in [1.807, 2.05) is 19.1 Å². The molecule has 10 nitrogen and oxygen atoms in total. The Labute approximate surface area is 213 Å². The van der Waals surface area contributed by atoms with Gasteiger partial charge in [-0.2, -0.15) is 4.39 Å². The maximum Gasteiger partial charge on any atom is 0.278 e. The minimum Gasteiger partial charge on any atom is -0.494 e. The molecule has 0 bridgehead atoms. The van der Waals surface area contributed by atoms with E-state index in [1.54, 1.807) is 38.1 Å². The van der Waals surface area contributed by atoms with Crippen molar-refractivity contribution in [2.45, 2.75) is 20.8 Å². The van der Waals surface area contributed by atoms with Crippen LogP contribution in [0.1, 0.15) is 28.8 Å². The quantitative estimate of drug-likeness (QED) is 0.217. The fraction of sp³-hybridized carbons (Fsp3) is 0.192. The van der Waals surface area contributed by atoms with E-state index in [1.165, 1.54) is 25.6 Å². The maximum atomic E-state index is 13.4. The zero-order valence-electron chi connectivity index (χ0n) is 20.8. The molecular formula is C26H26FN7O3. The van der Waals surface area contributed by atoms with E-state index in [0.717, 1.165) is 5.69 Å². The number of hydrogen-bond donors (Lipinski definition) is 3. The summed E-state index contributed by atoms with van der Waals surface area (Å²) in [5.74, 6) is 1.07. The third kappa shape index (κ3) is 6.14. The third-order valence-electron chi connectivity index (χ3n) is 5.21. The lowest BCUT2D eigenvalue weighted by Gasteiger charge is -2.18. The van der Waals surface area contributed by atoms with Crippen molar-refractivity contribution in [3.05, 3.63) is 77.9 Å². The van der Waals surface area contributed by atoms with E-state index in [2.05, 4.69) is 36.0 Å². The van der Waals surface area contributed by atoms with E-state index in [-0.39, 0.29) is 5.56 Å². The number of hydroxylamine groups is 1. The molecule has 1 aromatic carbocycles. The van der Waals surface area contributed by atoms with Gasteiger partial charge in [0.2, 0.25) is 5.95 Å². The summed E-state index contributed by atoms with van der Waals surface area (Å²) in [6.45, 7) is 5.74. The largest absolute Gasteiger partial charge is 0.494 e. The van der Waals surface area contributed by atoms with Crippen LogP contribution in [0.25, 0.3) is 11.1 Å². The summed E-state index contributed by atoms with van der Waals surface area (Å²) in [5, 5.41) is 6.42. The van der Waals surface area contributed by atoms with Crippen LogP contribution < -0.4 is 20.9 Å². The predicted octanol–water partition coefficient (Wildman–Crippen LogP) is 4.87. The number of ether oxygens (including phenoxy) is 1. The van der Waals surface area contributed by atoms with Gasteiger partial charge < -0.3 is 15.4 Å². The number of nitrogens with one attached hydrogen (secondary N) is 3. The number of carbonyl (C=O) groups excluding carboxylic acids is 1. The fourth-order valence-electron chi connectivity index (χ4n) is 3.68. The van der Waals surface area contributed by atoms with Crippen molar-refractivity contribution >= 4 is 28.9 Å². The van der Waals surface area contributed by atoms with Gasteiger partial charge in [-0.25, -0.2) is 25.4 Å². The van der Waals surface area contributed by atoms with E-state index in [4.69, 9.17) is 9.57 Å². The Hall–Kier alpha value is -4.64. The highest BCUT2D eigenvalue weighted by Crippen LogP contribution is 2.38. The van der Waals surface area contributed by atoms with Gasteiger partial charge in [-0.1, -0.05) is 12.1 Å². The average Bonchev–Trinajstić information content (AvgIpc) is 2.87. The zero-order valence-corrected chi connectivity index (χ0v) is 20.8. The summed E-state index contributed by atoms with van der Waals surface area (Å²) >= 11 is 0. The molecule has 190 valence electrons. The molecule has 37 heavy (non-hydrogen) atoms. The van der Waals surface area contributed by atoms with Gasteiger partial charge in [0, 0.05) is 41.3 Å². The van der Waals surface area contributed by atoms with Gasteiger partial charge in [-0.15, -0.1) is 0 Å². The molecule has 3 N–H and O–H groups in total. The molecule has 0 spiro atoms. The van der Waals surface area contributed by atoms with E-state index in [9.17, 15) is 9.18 Å². The molecule has 0 saturated heterocycles. The van der Waals surface area contributed by atoms with Gasteiger partial charge in [0.05, 0.1) is 30.7 Å². The molecule has 0 aliphatic heterocycles. The van der Waals surface area contributed by atoms with Crippen LogP contribution in [-0.4, -0.2) is 39.6 Å². The minimum atomic E-state index is -0.576. The number of benzene rings is 1. The summed E-state index contributed by atoms with van der Waals surface area (Å²) in [7, 11) is 1.53. The molecule has 3 aromatic heterocycles. The molecule has 3 heterocycles. The Kier molecular flexibility index (Phi) is 7.84. The van der Waals surface area contributed by atoms with Crippen molar-refractivity contribution in [2.75, 3.05) is 24.4 Å². The van der Waals surface area contributed by atoms with Crippen LogP contribution in [0.5, 0.6) is 5.75 Å². The van der Waals surface area contributed by atoms with Gasteiger partial charge in [-0.05, 0) is 39.0 Å². The Morgan fingerprint density at radius 1 is 0.973 bits per heavy atom. The summed E-state index contributed by atoms with van der Waals surface area (Å²) in [4.78, 5) is 34.7. The smallest absolute Gasteiger partial charge is 0.278 e. The lowest BCUT2D eigenvalue weighted by atomic mass is 10.0. The van der Waals surface area contributed by atoms with Gasteiger partial charge in [0.25, 0.3) is 5.91 Å². The number of carbonyl (C=O) groups is 1. The summed E-state index contributed by atoms with van der Waals surface area (Å²) in [5.41, 5.74) is 5.81. The number of para-hydroxylation sites is 1. The molecule has 0 radical (unpaired) electrons. The number of halogens is 1. The predicted molar refractivity (Wildman–Crippen MR) is 138 cm³/mol. The van der Waals surface area contributed by atoms with Crippen molar-refractivity contribution in [1.29, 1.82) is 0 Å². The standard InChI is InChI=1S/C26H26FN7O3/c1-5-37-34-26(35)19-14-29-23(33-24-11-15(2)30-16(3)31-24)12-21(19)32-20-8-6-7-18(25(20)36-4)17-9-10-22(27)28-13-17/h6-14H,5H2,1-4H3,(H,34,35)(H2,29,30,31,32,33). The summed E-state index contributed by atoms with van der Waals surface area (Å²) in [6, 6.07) is 11.8. The van der Waals surface area contributed by atoms with Crippen LogP contribution in [0.3, 0.4) is 0 Å². The number of nitrogens with zero attached hydrogens (tertiary/aromatic N) is 4. The molecular weight excluding hydrogens is 477 g/mol. The van der Waals surface area contributed by atoms with Gasteiger partial charge >= 0.3 is 0 Å². The molecule has 0 atom stereocenters. The second-order valence-electron chi connectivity index (χ2n) is 7.93. The van der Waals surface area contributed by atoms with Crippen LogP contribution in [-0.2, 0) is 4.84 Å². The number of hydrogen-bond acceptors (Lipinski definition) is 9. The second kappa shape index (κ2) is 11.4. The SMILES string of the molecule is CCONC(=O)c1cnc(Nc2cc(C)nc(C)n2)cc1Nc1cccc(-c2ccc(F)nc2)c1OC. The highest BCUT2D eigenvalue weighted by molar-refractivity contribution is 6.00. The lowest BCUT2D eigenvalue weighted by Crippen LogP contribution is -2.24. The van der Waals surface area contributed by atoms with Crippen molar-refractivity contribution < 1.29 is 18.8 Å². The van der Waals surface area contributed by atoms with Crippen molar-refractivity contribution in [2.24, 2.45) is 0 Å². The Morgan fingerprint density at radius 2 is 1.81 bits per heavy atom. The molecule has 1 amide bonds. The topological polar surface area (TPSA) is 123 Å². The van der Waals surface area contributed by atoms with E-state index in [0.29, 0.717) is 52.3 Å². The van der Waals surface area contributed by atoms with Crippen LogP contribution in [0.15, 0.2) is 54.9 Å². The second-order valence-corrected chi connectivity index (χ2v) is 7.93. The number of aryl methyl sites for hydroxylation is 2. The number of aromatic nitrogens is 4. The molecule has 0 unspecified atom stereocenters. The van der Waals surface area contributed by atoms with Crippen molar-refractivity contribution in [3.8, 4) is 16.9 Å². The average molecular weight is 504 g/mol. The van der Waals surface area contributed by atoms with Crippen LogP contribution in [0.2, 0.25) is 0 Å². The highest BCUT2D eigenvalue weighted by atomic mass is 19.1. The lowest BCUT2D eigenvalue weighted by molar-refractivity contribution is 0.0365.